The first-order valence-electron chi connectivity index (χ1n) is 11.7. The molecule has 4 rings (SSSR count). The summed E-state index contributed by atoms with van der Waals surface area (Å²) in [5, 5.41) is 9.93. The lowest BCUT2D eigenvalue weighted by molar-refractivity contribution is -0.152. The number of aromatic nitrogens is 1. The second-order valence-corrected chi connectivity index (χ2v) is 8.50. The molecule has 0 aliphatic carbocycles. The minimum atomic E-state index is -1.14. The minimum Gasteiger partial charge on any atom is -0.493 e. The van der Waals surface area contributed by atoms with Crippen molar-refractivity contribution in [1.82, 2.24) is 9.88 Å². The Labute approximate surface area is 208 Å². The van der Waals surface area contributed by atoms with E-state index in [1.807, 2.05) is 43.3 Å². The normalized spacial score (nSPS) is 14.7. The van der Waals surface area contributed by atoms with Crippen LogP contribution >= 0.6 is 0 Å². The summed E-state index contributed by atoms with van der Waals surface area (Å²) in [7, 11) is 1.25. The third-order valence-corrected chi connectivity index (χ3v) is 6.19. The smallest absolute Gasteiger partial charge is 0.331 e. The van der Waals surface area contributed by atoms with Crippen LogP contribution in [0, 0.1) is 6.92 Å². The highest BCUT2D eigenvalue weighted by Crippen LogP contribution is 2.33. The first-order valence-corrected chi connectivity index (χ1v) is 11.7. The number of esters is 1. The molecule has 1 atom stereocenters. The average molecular weight is 493 g/mol. The first-order chi connectivity index (χ1) is 17.4. The summed E-state index contributed by atoms with van der Waals surface area (Å²) in [5.41, 5.74) is 3.05. The number of carbonyl (C=O) groups is 3. The van der Waals surface area contributed by atoms with Gasteiger partial charge in [-0.15, -0.1) is 0 Å². The van der Waals surface area contributed by atoms with Gasteiger partial charge in [0.05, 0.1) is 25.8 Å². The largest absolute Gasteiger partial charge is 0.493 e. The highest BCUT2D eigenvalue weighted by atomic mass is 16.5. The number of oxazole rings is 1. The first kappa shape index (κ1) is 25.0. The van der Waals surface area contributed by atoms with Crippen molar-refractivity contribution in [2.45, 2.75) is 38.6 Å². The molecule has 3 aromatic rings. The second kappa shape index (κ2) is 11.1. The number of hydrogen-bond donors (Lipinski definition) is 1. The van der Waals surface area contributed by atoms with E-state index in [4.69, 9.17) is 9.15 Å². The zero-order valence-corrected chi connectivity index (χ0v) is 20.2. The molecule has 0 saturated heterocycles. The van der Waals surface area contributed by atoms with Gasteiger partial charge in [0.15, 0.2) is 6.04 Å². The standard InChI is InChI=1S/C27H28N2O7/c1-17-22(28-26(36-17)19-6-4-3-5-7-19)13-15-35-20-9-8-18-12-14-29(23(30)10-11-24(31)34-2)25(27(32)33)21(18)16-20/h3-9,16,25H,10-15H2,1-2H3,(H,32,33). The van der Waals surface area contributed by atoms with E-state index in [-0.39, 0.29) is 19.4 Å². The van der Waals surface area contributed by atoms with E-state index in [2.05, 4.69) is 9.72 Å². The van der Waals surface area contributed by atoms with Crippen molar-refractivity contribution in [2.75, 3.05) is 20.3 Å². The molecule has 0 spiro atoms. The lowest BCUT2D eigenvalue weighted by Crippen LogP contribution is -2.43. The Hall–Kier alpha value is -4.14. The summed E-state index contributed by atoms with van der Waals surface area (Å²) < 4.78 is 16.3. The summed E-state index contributed by atoms with van der Waals surface area (Å²) in [5.74, 6) is -0.269. The van der Waals surface area contributed by atoms with Gasteiger partial charge in [-0.3, -0.25) is 9.59 Å². The second-order valence-electron chi connectivity index (χ2n) is 8.50. The topological polar surface area (TPSA) is 119 Å². The Morgan fingerprint density at radius 2 is 1.92 bits per heavy atom. The van der Waals surface area contributed by atoms with Crippen LogP contribution in [0.15, 0.2) is 52.9 Å². The minimum absolute atomic E-state index is 0.0956. The molecule has 0 fully saturated rings. The fourth-order valence-electron chi connectivity index (χ4n) is 4.30. The van der Waals surface area contributed by atoms with E-state index in [9.17, 15) is 19.5 Å². The molecule has 1 aromatic heterocycles. The van der Waals surface area contributed by atoms with Crippen molar-refractivity contribution in [1.29, 1.82) is 0 Å². The fraction of sp³-hybridized carbons (Fsp3) is 0.333. The van der Waals surface area contributed by atoms with Crippen LogP contribution in [0.25, 0.3) is 11.5 Å². The van der Waals surface area contributed by atoms with Gasteiger partial charge < -0.3 is 23.9 Å². The van der Waals surface area contributed by atoms with Crippen LogP contribution in [0.3, 0.4) is 0 Å². The van der Waals surface area contributed by atoms with Crippen molar-refractivity contribution in [2.24, 2.45) is 0 Å². The molecule has 0 saturated carbocycles. The quantitative estimate of drug-likeness (QED) is 0.449. The van der Waals surface area contributed by atoms with Crippen LogP contribution in [0.2, 0.25) is 0 Å². The van der Waals surface area contributed by atoms with E-state index >= 15 is 0 Å². The van der Waals surface area contributed by atoms with Crippen molar-refractivity contribution in [3.8, 4) is 17.2 Å². The highest BCUT2D eigenvalue weighted by molar-refractivity contribution is 5.87. The molecule has 188 valence electrons. The van der Waals surface area contributed by atoms with E-state index in [1.165, 1.54) is 12.0 Å². The summed E-state index contributed by atoms with van der Waals surface area (Å²) in [4.78, 5) is 42.2. The van der Waals surface area contributed by atoms with Crippen molar-refractivity contribution in [3.63, 3.8) is 0 Å². The van der Waals surface area contributed by atoms with Gasteiger partial charge in [-0.2, -0.15) is 0 Å². The molecule has 36 heavy (non-hydrogen) atoms. The molecule has 1 aliphatic rings. The predicted octanol–water partition coefficient (Wildman–Crippen LogP) is 3.74. The van der Waals surface area contributed by atoms with E-state index in [0.717, 1.165) is 22.6 Å². The molecule has 9 nitrogen and oxygen atoms in total. The van der Waals surface area contributed by atoms with E-state index in [0.29, 0.717) is 36.7 Å². The van der Waals surface area contributed by atoms with Gasteiger partial charge >= 0.3 is 11.9 Å². The van der Waals surface area contributed by atoms with Crippen molar-refractivity contribution < 1.29 is 33.4 Å². The maximum atomic E-state index is 12.7. The molecule has 2 aromatic carbocycles. The molecule has 1 N–H and O–H groups in total. The zero-order chi connectivity index (χ0) is 25.7. The van der Waals surface area contributed by atoms with Crippen LogP contribution in [-0.4, -0.2) is 53.1 Å². The molecule has 1 unspecified atom stereocenters. The summed E-state index contributed by atoms with van der Waals surface area (Å²) in [6.07, 6.45) is 0.829. The molecule has 1 aliphatic heterocycles. The van der Waals surface area contributed by atoms with Crippen molar-refractivity contribution >= 4 is 17.8 Å². The van der Waals surface area contributed by atoms with Crippen LogP contribution in [0.4, 0.5) is 0 Å². The number of rotatable bonds is 9. The SMILES string of the molecule is COC(=O)CCC(=O)N1CCc2ccc(OCCc3nc(-c4ccccc4)oc3C)cc2C1C(=O)O. The van der Waals surface area contributed by atoms with Crippen LogP contribution in [-0.2, 0) is 32.0 Å². The molecular weight excluding hydrogens is 464 g/mol. The fourth-order valence-corrected chi connectivity index (χ4v) is 4.30. The monoisotopic (exact) mass is 492 g/mol. The van der Waals surface area contributed by atoms with Gasteiger partial charge in [-0.05, 0) is 48.7 Å². The third-order valence-electron chi connectivity index (χ3n) is 6.19. The predicted molar refractivity (Wildman–Crippen MR) is 129 cm³/mol. The summed E-state index contributed by atoms with van der Waals surface area (Å²) in [6.45, 7) is 2.44. The molecular formula is C27H28N2O7. The number of hydrogen-bond acceptors (Lipinski definition) is 7. The van der Waals surface area contributed by atoms with E-state index < -0.39 is 23.9 Å². The zero-order valence-electron chi connectivity index (χ0n) is 20.2. The third kappa shape index (κ3) is 5.56. The Morgan fingerprint density at radius 3 is 2.64 bits per heavy atom. The van der Waals surface area contributed by atoms with Crippen LogP contribution in [0.5, 0.6) is 5.75 Å². The summed E-state index contributed by atoms with van der Waals surface area (Å²) >= 11 is 0. The van der Waals surface area contributed by atoms with Gasteiger partial charge in [0.1, 0.15) is 11.5 Å². The van der Waals surface area contributed by atoms with Gasteiger partial charge in [-0.1, -0.05) is 24.3 Å². The van der Waals surface area contributed by atoms with Gasteiger partial charge in [0, 0.05) is 24.9 Å². The number of carboxylic acid groups (broad SMARTS) is 1. The number of fused-ring (bicyclic) bond motifs is 1. The number of aryl methyl sites for hydroxylation is 1. The Kier molecular flexibility index (Phi) is 7.68. The number of carboxylic acids is 1. The van der Waals surface area contributed by atoms with Crippen LogP contribution < -0.4 is 4.74 Å². The number of nitrogens with zero attached hydrogens (tertiary/aromatic N) is 2. The lowest BCUT2D eigenvalue weighted by atomic mass is 9.92. The number of methoxy groups -OCH3 is 1. The van der Waals surface area contributed by atoms with Gasteiger partial charge in [0.25, 0.3) is 0 Å². The van der Waals surface area contributed by atoms with Gasteiger partial charge in [0.2, 0.25) is 11.8 Å². The molecule has 9 heteroatoms. The molecule has 1 amide bonds. The number of aliphatic carboxylic acids is 1. The number of amides is 1. The molecule has 0 radical (unpaired) electrons. The Balaban J connectivity index is 1.44. The molecule has 2 heterocycles. The summed E-state index contributed by atoms with van der Waals surface area (Å²) in [6, 6.07) is 13.8. The van der Waals surface area contributed by atoms with Crippen LogP contribution in [0.1, 0.15) is 41.5 Å². The average Bonchev–Trinajstić information content (AvgIpc) is 3.26. The van der Waals surface area contributed by atoms with E-state index in [1.54, 1.807) is 12.1 Å². The van der Waals surface area contributed by atoms with Crippen molar-refractivity contribution in [3.05, 3.63) is 71.1 Å². The van der Waals surface area contributed by atoms with Gasteiger partial charge in [-0.25, -0.2) is 9.78 Å². The Bertz CT molecular complexity index is 1250. The number of benzene rings is 2. The maximum absolute atomic E-state index is 12.7. The Morgan fingerprint density at radius 1 is 1.14 bits per heavy atom. The number of ether oxygens (including phenoxy) is 2. The lowest BCUT2D eigenvalue weighted by Gasteiger charge is -2.35. The maximum Gasteiger partial charge on any atom is 0.331 e. The highest BCUT2D eigenvalue weighted by Gasteiger charge is 2.36. The molecule has 0 bridgehead atoms. The number of carbonyl (C=O) groups excluding carboxylic acids is 2.